The number of nitrogens with one attached hydrogen (secondary N) is 1. The fourth-order valence-corrected chi connectivity index (χ4v) is 4.37. The van der Waals surface area contributed by atoms with E-state index >= 15 is 0 Å². The molecule has 1 aromatic carbocycles. The van der Waals surface area contributed by atoms with E-state index in [1.807, 2.05) is 19.9 Å². The number of thiophene rings is 1. The van der Waals surface area contributed by atoms with Crippen molar-refractivity contribution in [1.29, 1.82) is 0 Å². The van der Waals surface area contributed by atoms with Gasteiger partial charge in [-0.2, -0.15) is 0 Å². The van der Waals surface area contributed by atoms with E-state index < -0.39 is 5.97 Å². The monoisotopic (exact) mass is 413 g/mol. The van der Waals surface area contributed by atoms with Crippen molar-refractivity contribution in [3.63, 3.8) is 0 Å². The lowest BCUT2D eigenvalue weighted by Gasteiger charge is -2.20. The number of ether oxygens (including phenoxy) is 1. The average molecular weight is 414 g/mol. The molecular weight excluding hydrogens is 386 g/mol. The molecule has 1 aliphatic carbocycles. The van der Waals surface area contributed by atoms with Crippen LogP contribution < -0.4 is 5.32 Å². The van der Waals surface area contributed by atoms with Gasteiger partial charge in [-0.05, 0) is 68.4 Å². The first kappa shape index (κ1) is 21.2. The largest absolute Gasteiger partial charge is 0.456 e. The van der Waals surface area contributed by atoms with Crippen LogP contribution in [0.2, 0.25) is 0 Å². The third kappa shape index (κ3) is 6.00. The Kier molecular flexibility index (Phi) is 7.20. The van der Waals surface area contributed by atoms with Gasteiger partial charge in [0.25, 0.3) is 5.91 Å². The number of esters is 1. The van der Waals surface area contributed by atoms with E-state index in [1.54, 1.807) is 6.07 Å². The molecule has 1 amide bonds. The number of rotatable bonds is 8. The van der Waals surface area contributed by atoms with Crippen LogP contribution >= 0.6 is 11.3 Å². The molecule has 1 heterocycles. The zero-order chi connectivity index (χ0) is 20.8. The zero-order valence-corrected chi connectivity index (χ0v) is 17.8. The Labute approximate surface area is 175 Å². The first-order chi connectivity index (χ1) is 13.9. The molecule has 0 saturated carbocycles. The van der Waals surface area contributed by atoms with Crippen molar-refractivity contribution in [3.05, 3.63) is 56.8 Å². The summed E-state index contributed by atoms with van der Waals surface area (Å²) in [7, 11) is 0. The van der Waals surface area contributed by atoms with E-state index in [-0.39, 0.29) is 37.2 Å². The summed E-state index contributed by atoms with van der Waals surface area (Å²) in [6, 6.07) is 9.87. The van der Waals surface area contributed by atoms with Crippen LogP contribution in [0, 0.1) is 6.92 Å². The van der Waals surface area contributed by atoms with Crippen molar-refractivity contribution >= 4 is 29.0 Å². The minimum atomic E-state index is -0.539. The molecule has 0 radical (unpaired) electrons. The maximum Gasteiger partial charge on any atom is 0.306 e. The third-order valence-corrected chi connectivity index (χ3v) is 6.23. The van der Waals surface area contributed by atoms with Gasteiger partial charge in [0, 0.05) is 11.3 Å². The van der Waals surface area contributed by atoms with Gasteiger partial charge in [0.05, 0.1) is 17.3 Å². The van der Waals surface area contributed by atoms with Gasteiger partial charge in [-0.3, -0.25) is 14.4 Å². The Morgan fingerprint density at radius 3 is 2.55 bits per heavy atom. The van der Waals surface area contributed by atoms with Crippen LogP contribution in [0.3, 0.4) is 0 Å². The minimum Gasteiger partial charge on any atom is -0.456 e. The van der Waals surface area contributed by atoms with Crippen LogP contribution in [0.5, 0.6) is 0 Å². The Hall–Kier alpha value is -2.47. The summed E-state index contributed by atoms with van der Waals surface area (Å²) in [5, 5.41) is 2.87. The minimum absolute atomic E-state index is 0.0244. The highest BCUT2D eigenvalue weighted by atomic mass is 32.1. The number of amides is 1. The molecule has 6 heteroatoms. The molecule has 3 rings (SSSR count). The van der Waals surface area contributed by atoms with E-state index in [0.29, 0.717) is 4.88 Å². The van der Waals surface area contributed by atoms with Crippen LogP contribution in [0.4, 0.5) is 0 Å². The predicted molar refractivity (Wildman–Crippen MR) is 113 cm³/mol. The van der Waals surface area contributed by atoms with E-state index in [9.17, 15) is 14.4 Å². The molecule has 1 N–H and O–H groups in total. The molecule has 0 spiro atoms. The van der Waals surface area contributed by atoms with Gasteiger partial charge >= 0.3 is 5.97 Å². The number of Topliss-reactive ketones (excluding diaryl/α,β-unsaturated/α-hetero) is 1. The van der Waals surface area contributed by atoms with Crippen LogP contribution in [0.15, 0.2) is 30.3 Å². The lowest BCUT2D eigenvalue weighted by molar-refractivity contribution is -0.148. The second kappa shape index (κ2) is 9.83. The molecule has 5 nitrogen and oxygen atoms in total. The standard InChI is InChI=1S/C23H27NO4S/c1-15-7-11-21(29-15)20(25)10-12-23(27)28-14-22(26)24-16(2)18-9-8-17-5-3-4-6-19(17)13-18/h7-9,11,13,16H,3-6,10,12,14H2,1-2H3,(H,24,26)/t16-/m1/s1. The van der Waals surface area contributed by atoms with Gasteiger partial charge in [0.2, 0.25) is 0 Å². The lowest BCUT2D eigenvalue weighted by Crippen LogP contribution is -2.31. The quantitative estimate of drug-likeness (QED) is 0.517. The SMILES string of the molecule is Cc1ccc(C(=O)CCC(=O)OCC(=O)N[C@H](C)c2ccc3c(c2)CCCC3)s1. The smallest absolute Gasteiger partial charge is 0.306 e. The topological polar surface area (TPSA) is 72.5 Å². The Balaban J connectivity index is 1.41. The number of hydrogen-bond acceptors (Lipinski definition) is 5. The predicted octanol–water partition coefficient (Wildman–Crippen LogP) is 4.32. The Bertz CT molecular complexity index is 902. The molecule has 0 fully saturated rings. The normalized spacial score (nSPS) is 14.0. The molecule has 0 saturated heterocycles. The van der Waals surface area contributed by atoms with Gasteiger partial charge < -0.3 is 10.1 Å². The summed E-state index contributed by atoms with van der Waals surface area (Å²) in [6.07, 6.45) is 4.73. The molecule has 0 aliphatic heterocycles. The first-order valence-corrected chi connectivity index (χ1v) is 10.9. The first-order valence-electron chi connectivity index (χ1n) is 10.1. The molecule has 0 unspecified atom stereocenters. The highest BCUT2D eigenvalue weighted by Gasteiger charge is 2.16. The number of fused-ring (bicyclic) bond motifs is 1. The molecule has 2 aromatic rings. The van der Waals surface area contributed by atoms with Crippen LogP contribution in [0.1, 0.15) is 69.9 Å². The van der Waals surface area contributed by atoms with E-state index in [0.717, 1.165) is 23.3 Å². The van der Waals surface area contributed by atoms with Crippen LogP contribution in [-0.2, 0) is 27.2 Å². The van der Waals surface area contributed by atoms with Crippen molar-refractivity contribution in [2.24, 2.45) is 0 Å². The number of hydrogen-bond donors (Lipinski definition) is 1. The van der Waals surface area contributed by atoms with Gasteiger partial charge in [-0.15, -0.1) is 11.3 Å². The molecule has 0 bridgehead atoms. The summed E-state index contributed by atoms with van der Waals surface area (Å²) in [4.78, 5) is 37.7. The van der Waals surface area contributed by atoms with Crippen molar-refractivity contribution in [1.82, 2.24) is 5.32 Å². The molecule has 1 aliphatic rings. The molecule has 1 aromatic heterocycles. The maximum absolute atomic E-state index is 12.1. The number of aryl methyl sites for hydroxylation is 3. The number of carbonyl (C=O) groups is 3. The van der Waals surface area contributed by atoms with Crippen molar-refractivity contribution < 1.29 is 19.1 Å². The van der Waals surface area contributed by atoms with Crippen LogP contribution in [0.25, 0.3) is 0 Å². The lowest BCUT2D eigenvalue weighted by atomic mass is 9.89. The number of ketones is 1. The van der Waals surface area contributed by atoms with Crippen LogP contribution in [-0.4, -0.2) is 24.3 Å². The number of benzene rings is 1. The summed E-state index contributed by atoms with van der Waals surface area (Å²) in [5.74, 6) is -0.961. The van der Waals surface area contributed by atoms with E-state index in [2.05, 4.69) is 23.5 Å². The molecule has 1 atom stereocenters. The summed E-state index contributed by atoms with van der Waals surface area (Å²) < 4.78 is 5.02. The fraction of sp³-hybridized carbons (Fsp3) is 0.435. The molecular formula is C23H27NO4S. The van der Waals surface area contributed by atoms with E-state index in [1.165, 1.54) is 35.3 Å². The van der Waals surface area contributed by atoms with Gasteiger partial charge in [0.15, 0.2) is 12.4 Å². The van der Waals surface area contributed by atoms with E-state index in [4.69, 9.17) is 4.74 Å². The van der Waals surface area contributed by atoms with Gasteiger partial charge in [-0.1, -0.05) is 18.2 Å². The number of carbonyl (C=O) groups excluding carboxylic acids is 3. The second-order valence-electron chi connectivity index (χ2n) is 7.52. The fourth-order valence-electron chi connectivity index (χ4n) is 3.53. The third-order valence-electron chi connectivity index (χ3n) is 5.19. The van der Waals surface area contributed by atoms with Crippen molar-refractivity contribution in [3.8, 4) is 0 Å². The van der Waals surface area contributed by atoms with Gasteiger partial charge in [0.1, 0.15) is 0 Å². The Morgan fingerprint density at radius 2 is 1.83 bits per heavy atom. The Morgan fingerprint density at radius 1 is 1.07 bits per heavy atom. The highest BCUT2D eigenvalue weighted by Crippen LogP contribution is 2.24. The van der Waals surface area contributed by atoms with Crippen molar-refractivity contribution in [2.75, 3.05) is 6.61 Å². The summed E-state index contributed by atoms with van der Waals surface area (Å²) in [6.45, 7) is 3.52. The molecule has 29 heavy (non-hydrogen) atoms. The average Bonchev–Trinajstić information content (AvgIpc) is 3.16. The summed E-state index contributed by atoms with van der Waals surface area (Å²) in [5.41, 5.74) is 3.83. The highest BCUT2D eigenvalue weighted by molar-refractivity contribution is 7.14. The second-order valence-corrected chi connectivity index (χ2v) is 8.81. The maximum atomic E-state index is 12.1. The van der Waals surface area contributed by atoms with Crippen molar-refractivity contribution in [2.45, 2.75) is 58.4 Å². The molecule has 154 valence electrons. The van der Waals surface area contributed by atoms with Gasteiger partial charge in [-0.25, -0.2) is 0 Å². The zero-order valence-electron chi connectivity index (χ0n) is 17.0. The summed E-state index contributed by atoms with van der Waals surface area (Å²) >= 11 is 1.41.